The van der Waals surface area contributed by atoms with Gasteiger partial charge in [-0.05, 0) is 13.0 Å². The summed E-state index contributed by atoms with van der Waals surface area (Å²) >= 11 is 0. The molecule has 1 rings (SSSR count). The molecular weight excluding hydrogens is 142 g/mol. The third kappa shape index (κ3) is 2.05. The second kappa shape index (κ2) is 2.66. The molecule has 1 atom stereocenters. The summed E-state index contributed by atoms with van der Waals surface area (Å²) in [4.78, 5) is 12.6. The van der Waals surface area contributed by atoms with Gasteiger partial charge in [0.2, 0.25) is 5.91 Å². The number of amides is 1. The first kappa shape index (κ1) is 8.27. The van der Waals surface area contributed by atoms with E-state index in [0.29, 0.717) is 6.54 Å². The number of epoxide rings is 1. The number of likely N-dealkylation sites (N-methyl/N-ethyl adjacent to an activating group) is 1. The van der Waals surface area contributed by atoms with Gasteiger partial charge in [-0.2, -0.15) is 0 Å². The summed E-state index contributed by atoms with van der Waals surface area (Å²) in [7, 11) is 1.75. The number of ether oxygens (including phenoxy) is 1. The Labute approximate surface area is 66.6 Å². The van der Waals surface area contributed by atoms with E-state index in [0.717, 1.165) is 6.61 Å². The Balaban J connectivity index is 2.36. The van der Waals surface area contributed by atoms with Gasteiger partial charge in [-0.25, -0.2) is 0 Å². The molecule has 1 saturated heterocycles. The van der Waals surface area contributed by atoms with E-state index in [2.05, 4.69) is 6.58 Å². The molecule has 1 unspecified atom stereocenters. The van der Waals surface area contributed by atoms with Gasteiger partial charge in [-0.3, -0.25) is 4.79 Å². The number of hydrogen-bond donors (Lipinski definition) is 0. The molecule has 3 heteroatoms. The predicted molar refractivity (Wildman–Crippen MR) is 42.2 cm³/mol. The third-order valence-corrected chi connectivity index (χ3v) is 1.76. The second-order valence-electron chi connectivity index (χ2n) is 3.14. The predicted octanol–water partition coefficient (Wildman–Crippen LogP) is 0.420. The Morgan fingerprint density at radius 3 is 2.82 bits per heavy atom. The van der Waals surface area contributed by atoms with Crippen molar-refractivity contribution in [3.05, 3.63) is 12.7 Å². The average Bonchev–Trinajstić information content (AvgIpc) is 2.66. The van der Waals surface area contributed by atoms with E-state index in [9.17, 15) is 4.79 Å². The van der Waals surface area contributed by atoms with Crippen molar-refractivity contribution in [3.63, 3.8) is 0 Å². The van der Waals surface area contributed by atoms with Gasteiger partial charge in [0.25, 0.3) is 0 Å². The van der Waals surface area contributed by atoms with Crippen LogP contribution in [-0.4, -0.2) is 36.6 Å². The van der Waals surface area contributed by atoms with E-state index in [-0.39, 0.29) is 11.5 Å². The largest absolute Gasteiger partial charge is 0.368 e. The van der Waals surface area contributed by atoms with Crippen LogP contribution in [0.1, 0.15) is 6.92 Å². The van der Waals surface area contributed by atoms with Crippen molar-refractivity contribution < 1.29 is 9.53 Å². The lowest BCUT2D eigenvalue weighted by molar-refractivity contribution is -0.125. The van der Waals surface area contributed by atoms with E-state index in [1.165, 1.54) is 6.08 Å². The molecule has 0 aromatic rings. The van der Waals surface area contributed by atoms with Crippen LogP contribution in [0.5, 0.6) is 0 Å². The first-order chi connectivity index (χ1) is 5.07. The Bertz CT molecular complexity index is 185. The molecule has 1 amide bonds. The molecule has 0 bridgehead atoms. The van der Waals surface area contributed by atoms with E-state index >= 15 is 0 Å². The van der Waals surface area contributed by atoms with Gasteiger partial charge >= 0.3 is 0 Å². The lowest BCUT2D eigenvalue weighted by atomic mass is 10.2. The molecular formula is C8H13NO2. The normalized spacial score (nSPS) is 27.8. The van der Waals surface area contributed by atoms with Gasteiger partial charge in [0, 0.05) is 7.05 Å². The van der Waals surface area contributed by atoms with Gasteiger partial charge in [0.15, 0.2) is 0 Å². The zero-order chi connectivity index (χ0) is 8.48. The van der Waals surface area contributed by atoms with Crippen molar-refractivity contribution in [3.8, 4) is 0 Å². The molecule has 1 aliphatic rings. The molecule has 0 aromatic heterocycles. The zero-order valence-electron chi connectivity index (χ0n) is 6.96. The fraction of sp³-hybridized carbons (Fsp3) is 0.625. The maximum absolute atomic E-state index is 11.0. The van der Waals surface area contributed by atoms with Gasteiger partial charge < -0.3 is 9.64 Å². The van der Waals surface area contributed by atoms with E-state index in [1.54, 1.807) is 11.9 Å². The van der Waals surface area contributed by atoms with Crippen molar-refractivity contribution >= 4 is 5.91 Å². The molecule has 0 aromatic carbocycles. The minimum atomic E-state index is -0.0899. The maximum atomic E-state index is 11.0. The molecule has 0 saturated carbocycles. The fourth-order valence-electron chi connectivity index (χ4n) is 0.950. The highest BCUT2D eigenvalue weighted by Crippen LogP contribution is 2.26. The van der Waals surface area contributed by atoms with Crippen LogP contribution >= 0.6 is 0 Å². The molecule has 3 nitrogen and oxygen atoms in total. The molecule has 0 radical (unpaired) electrons. The minimum Gasteiger partial charge on any atom is -0.368 e. The standard InChI is InChI=1S/C8H13NO2/c1-4-7(10)9(3)5-8(2)6-11-8/h4H,1,5-6H2,2-3H3. The third-order valence-electron chi connectivity index (χ3n) is 1.76. The molecule has 1 heterocycles. The topological polar surface area (TPSA) is 32.8 Å². The van der Waals surface area contributed by atoms with Crippen LogP contribution < -0.4 is 0 Å². The lowest BCUT2D eigenvalue weighted by Crippen LogP contribution is -2.33. The van der Waals surface area contributed by atoms with Crippen LogP contribution in [0.3, 0.4) is 0 Å². The van der Waals surface area contributed by atoms with Crippen LogP contribution in [-0.2, 0) is 9.53 Å². The van der Waals surface area contributed by atoms with Crippen molar-refractivity contribution in [1.82, 2.24) is 4.90 Å². The zero-order valence-corrected chi connectivity index (χ0v) is 6.96. The summed E-state index contributed by atoms with van der Waals surface area (Å²) in [6, 6.07) is 0. The second-order valence-corrected chi connectivity index (χ2v) is 3.14. The summed E-state index contributed by atoms with van der Waals surface area (Å²) in [5.74, 6) is -0.0540. The van der Waals surface area contributed by atoms with Crippen LogP contribution in [0.25, 0.3) is 0 Å². The lowest BCUT2D eigenvalue weighted by Gasteiger charge is -2.16. The number of hydrogen-bond acceptors (Lipinski definition) is 2. The van der Waals surface area contributed by atoms with E-state index < -0.39 is 0 Å². The Morgan fingerprint density at radius 2 is 2.45 bits per heavy atom. The van der Waals surface area contributed by atoms with Crippen LogP contribution in [0.2, 0.25) is 0 Å². The SMILES string of the molecule is C=CC(=O)N(C)CC1(C)CO1. The smallest absolute Gasteiger partial charge is 0.245 e. The molecule has 0 aliphatic carbocycles. The van der Waals surface area contributed by atoms with E-state index in [1.807, 2.05) is 6.92 Å². The fourth-order valence-corrected chi connectivity index (χ4v) is 0.950. The summed E-state index contributed by atoms with van der Waals surface area (Å²) in [5, 5.41) is 0. The van der Waals surface area contributed by atoms with Gasteiger partial charge in [0.05, 0.1) is 13.2 Å². The van der Waals surface area contributed by atoms with Crippen molar-refractivity contribution in [1.29, 1.82) is 0 Å². The highest BCUT2D eigenvalue weighted by Gasteiger charge is 2.40. The van der Waals surface area contributed by atoms with Crippen molar-refractivity contribution in [2.24, 2.45) is 0 Å². The first-order valence-electron chi connectivity index (χ1n) is 3.59. The summed E-state index contributed by atoms with van der Waals surface area (Å²) in [6.45, 7) is 6.79. The van der Waals surface area contributed by atoms with Crippen LogP contribution in [0.15, 0.2) is 12.7 Å². The summed E-state index contributed by atoms with van der Waals surface area (Å²) in [6.07, 6.45) is 1.31. The minimum absolute atomic E-state index is 0.0540. The molecule has 1 aliphatic heterocycles. The molecule has 62 valence electrons. The van der Waals surface area contributed by atoms with Gasteiger partial charge in [-0.1, -0.05) is 6.58 Å². The maximum Gasteiger partial charge on any atom is 0.245 e. The highest BCUT2D eigenvalue weighted by molar-refractivity contribution is 5.86. The van der Waals surface area contributed by atoms with Crippen LogP contribution in [0.4, 0.5) is 0 Å². The quantitative estimate of drug-likeness (QED) is 0.437. The van der Waals surface area contributed by atoms with Crippen LogP contribution in [0, 0.1) is 0 Å². The Kier molecular flexibility index (Phi) is 2.00. The number of carbonyl (C=O) groups is 1. The highest BCUT2D eigenvalue weighted by atomic mass is 16.6. The monoisotopic (exact) mass is 155 g/mol. The Hall–Kier alpha value is -0.830. The molecule has 1 fully saturated rings. The van der Waals surface area contributed by atoms with Gasteiger partial charge in [0.1, 0.15) is 5.60 Å². The van der Waals surface area contributed by atoms with Crippen molar-refractivity contribution in [2.75, 3.05) is 20.2 Å². The van der Waals surface area contributed by atoms with E-state index in [4.69, 9.17) is 4.74 Å². The number of rotatable bonds is 3. The number of carbonyl (C=O) groups excluding carboxylic acids is 1. The molecule has 0 N–H and O–H groups in total. The van der Waals surface area contributed by atoms with Gasteiger partial charge in [-0.15, -0.1) is 0 Å². The summed E-state index contributed by atoms with van der Waals surface area (Å²) in [5.41, 5.74) is -0.0899. The first-order valence-corrected chi connectivity index (χ1v) is 3.59. The summed E-state index contributed by atoms with van der Waals surface area (Å²) < 4.78 is 5.13. The van der Waals surface area contributed by atoms with Crippen molar-refractivity contribution in [2.45, 2.75) is 12.5 Å². The average molecular weight is 155 g/mol. The molecule has 0 spiro atoms. The Morgan fingerprint density at radius 1 is 1.91 bits per heavy atom. The number of nitrogens with zero attached hydrogens (tertiary/aromatic N) is 1. The molecule has 11 heavy (non-hydrogen) atoms.